The number of halogens is 1. The molecular weight excluding hydrogens is 119 g/mol. The van der Waals surface area contributed by atoms with E-state index in [2.05, 4.69) is 6.92 Å². The quantitative estimate of drug-likeness (QED) is 0.617. The molecule has 0 fully saturated rings. The van der Waals surface area contributed by atoms with Gasteiger partial charge in [0.1, 0.15) is 0 Å². The van der Waals surface area contributed by atoms with E-state index in [1.54, 1.807) is 0 Å². The van der Waals surface area contributed by atoms with Crippen LogP contribution in [-0.4, -0.2) is 18.4 Å². The number of rotatable bonds is 4. The van der Waals surface area contributed by atoms with Crippen LogP contribution < -0.4 is 0 Å². The van der Waals surface area contributed by atoms with E-state index < -0.39 is 12.1 Å². The lowest BCUT2D eigenvalue weighted by molar-refractivity contribution is 0.178. The zero-order valence-electron chi connectivity index (χ0n) is 5.86. The van der Waals surface area contributed by atoms with E-state index >= 15 is 0 Å². The van der Waals surface area contributed by atoms with E-state index in [1.165, 1.54) is 0 Å². The zero-order valence-corrected chi connectivity index (χ0v) is 5.86. The highest BCUT2D eigenvalue weighted by molar-refractivity contribution is 4.78. The van der Waals surface area contributed by atoms with E-state index in [0.717, 1.165) is 0 Å². The molecule has 1 radical (unpaired) electrons. The fraction of sp³-hybridized carbons (Fsp3) is 0.857. The van der Waals surface area contributed by atoms with Crippen LogP contribution in [0.1, 0.15) is 19.8 Å². The number of alkyl halides is 1. The number of hydrogen-bond donors (Lipinski definition) is 1. The summed E-state index contributed by atoms with van der Waals surface area (Å²) in [4.78, 5) is 0. The number of hydrogen-bond acceptors (Lipinski definition) is 1. The van der Waals surface area contributed by atoms with Crippen molar-refractivity contribution in [3.63, 3.8) is 0 Å². The molecule has 0 aromatic rings. The molecule has 0 aliphatic heterocycles. The van der Waals surface area contributed by atoms with Gasteiger partial charge in [0.15, 0.2) is 0 Å². The van der Waals surface area contributed by atoms with Gasteiger partial charge < -0.3 is 5.11 Å². The molecule has 0 heterocycles. The van der Waals surface area contributed by atoms with Crippen LogP contribution in [0.5, 0.6) is 0 Å². The van der Waals surface area contributed by atoms with Crippen LogP contribution >= 0.6 is 0 Å². The summed E-state index contributed by atoms with van der Waals surface area (Å²) in [6.45, 7) is 5.13. The van der Waals surface area contributed by atoms with Gasteiger partial charge in [-0.3, -0.25) is 4.39 Å². The molecule has 0 aromatic carbocycles. The molecule has 0 aromatic heterocycles. The Labute approximate surface area is 55.9 Å². The van der Waals surface area contributed by atoms with Crippen LogP contribution in [0.4, 0.5) is 4.39 Å². The van der Waals surface area contributed by atoms with Crippen LogP contribution in [0.15, 0.2) is 0 Å². The lowest BCUT2D eigenvalue weighted by Gasteiger charge is -2.22. The van der Waals surface area contributed by atoms with Crippen LogP contribution in [0, 0.1) is 12.3 Å². The summed E-state index contributed by atoms with van der Waals surface area (Å²) in [6.07, 6.45) is 1.14. The third-order valence-electron chi connectivity index (χ3n) is 1.68. The standard InChI is InChI=1S/C7H14FO/c1-3-7(2,6-8)4-5-9/h9H,2-6H2,1H3. The normalized spacial score (nSPS) is 17.3. The van der Waals surface area contributed by atoms with Crippen LogP contribution in [0.2, 0.25) is 0 Å². The SMILES string of the molecule is [CH2]C(CC)(CF)CCO. The first-order chi connectivity index (χ1) is 4.18. The van der Waals surface area contributed by atoms with Crippen molar-refractivity contribution in [3.05, 3.63) is 6.92 Å². The molecule has 0 saturated heterocycles. The predicted molar refractivity (Wildman–Crippen MR) is 35.8 cm³/mol. The summed E-state index contributed by atoms with van der Waals surface area (Å²) >= 11 is 0. The first-order valence-electron chi connectivity index (χ1n) is 3.20. The molecule has 55 valence electrons. The Hall–Kier alpha value is -0.110. The molecule has 0 aliphatic rings. The van der Waals surface area contributed by atoms with Crippen molar-refractivity contribution in [3.8, 4) is 0 Å². The maximum absolute atomic E-state index is 12.1. The van der Waals surface area contributed by atoms with Crippen molar-refractivity contribution < 1.29 is 9.50 Å². The minimum absolute atomic E-state index is 0.0290. The van der Waals surface area contributed by atoms with Gasteiger partial charge in [0, 0.05) is 12.0 Å². The van der Waals surface area contributed by atoms with Gasteiger partial charge in [0.25, 0.3) is 0 Å². The number of aliphatic hydroxyl groups is 1. The second-order valence-corrected chi connectivity index (χ2v) is 2.46. The Kier molecular flexibility index (Phi) is 3.78. The average molecular weight is 133 g/mol. The molecule has 0 rings (SSSR count). The first-order valence-corrected chi connectivity index (χ1v) is 3.20. The Balaban J connectivity index is 3.62. The van der Waals surface area contributed by atoms with Crippen molar-refractivity contribution in [2.75, 3.05) is 13.3 Å². The average Bonchev–Trinajstić information content (AvgIpc) is 1.89. The third-order valence-corrected chi connectivity index (χ3v) is 1.68. The maximum atomic E-state index is 12.1. The van der Waals surface area contributed by atoms with E-state index in [4.69, 9.17) is 5.11 Å². The molecule has 1 N–H and O–H groups in total. The highest BCUT2D eigenvalue weighted by Crippen LogP contribution is 2.24. The van der Waals surface area contributed by atoms with Crippen molar-refractivity contribution in [1.29, 1.82) is 0 Å². The van der Waals surface area contributed by atoms with E-state index in [9.17, 15) is 4.39 Å². The lowest BCUT2D eigenvalue weighted by Crippen LogP contribution is -2.19. The maximum Gasteiger partial charge on any atom is 0.0951 e. The van der Waals surface area contributed by atoms with Gasteiger partial charge in [-0.1, -0.05) is 6.92 Å². The molecule has 1 atom stereocenters. The van der Waals surface area contributed by atoms with Gasteiger partial charge in [-0.2, -0.15) is 0 Å². The first kappa shape index (κ1) is 8.89. The van der Waals surface area contributed by atoms with Crippen molar-refractivity contribution in [2.24, 2.45) is 5.41 Å². The summed E-state index contributed by atoms with van der Waals surface area (Å²) in [5.41, 5.74) is -0.533. The van der Waals surface area contributed by atoms with Crippen LogP contribution in [0.3, 0.4) is 0 Å². The van der Waals surface area contributed by atoms with Gasteiger partial charge in [-0.25, -0.2) is 0 Å². The summed E-state index contributed by atoms with van der Waals surface area (Å²) in [5.74, 6) is 0. The Morgan fingerprint density at radius 1 is 1.67 bits per heavy atom. The highest BCUT2D eigenvalue weighted by Gasteiger charge is 2.20. The van der Waals surface area contributed by atoms with Gasteiger partial charge in [0.05, 0.1) is 6.67 Å². The molecule has 1 nitrogen and oxygen atoms in total. The topological polar surface area (TPSA) is 20.2 Å². The molecular formula is C7H14FO. The molecule has 1 unspecified atom stereocenters. The second kappa shape index (κ2) is 3.83. The van der Waals surface area contributed by atoms with E-state index in [-0.39, 0.29) is 6.61 Å². The van der Waals surface area contributed by atoms with Crippen molar-refractivity contribution in [2.45, 2.75) is 19.8 Å². The third kappa shape index (κ3) is 2.80. The summed E-state index contributed by atoms with van der Waals surface area (Å²) in [6, 6.07) is 0. The van der Waals surface area contributed by atoms with Gasteiger partial charge in [-0.15, -0.1) is 0 Å². The fourth-order valence-corrected chi connectivity index (χ4v) is 0.575. The Morgan fingerprint density at radius 2 is 2.22 bits per heavy atom. The van der Waals surface area contributed by atoms with Crippen LogP contribution in [0.25, 0.3) is 0 Å². The minimum Gasteiger partial charge on any atom is -0.396 e. The largest absolute Gasteiger partial charge is 0.396 e. The Morgan fingerprint density at radius 3 is 2.33 bits per heavy atom. The molecule has 0 saturated carbocycles. The van der Waals surface area contributed by atoms with E-state index in [0.29, 0.717) is 12.8 Å². The Bertz CT molecular complexity index is 69.3. The molecule has 0 bridgehead atoms. The predicted octanol–water partition coefficient (Wildman–Crippen LogP) is 1.57. The van der Waals surface area contributed by atoms with Crippen molar-refractivity contribution in [1.82, 2.24) is 0 Å². The number of aliphatic hydroxyl groups excluding tert-OH is 1. The lowest BCUT2D eigenvalue weighted by atomic mass is 9.86. The minimum atomic E-state index is -0.533. The molecule has 0 aliphatic carbocycles. The zero-order chi connectivity index (χ0) is 7.33. The smallest absolute Gasteiger partial charge is 0.0951 e. The van der Waals surface area contributed by atoms with Gasteiger partial charge in [0.2, 0.25) is 0 Å². The molecule has 0 amide bonds. The molecule has 0 spiro atoms. The fourth-order valence-electron chi connectivity index (χ4n) is 0.575. The summed E-state index contributed by atoms with van der Waals surface area (Å²) in [5, 5.41) is 8.46. The van der Waals surface area contributed by atoms with Gasteiger partial charge in [-0.05, 0) is 19.8 Å². The van der Waals surface area contributed by atoms with Gasteiger partial charge >= 0.3 is 0 Å². The molecule has 9 heavy (non-hydrogen) atoms. The van der Waals surface area contributed by atoms with Crippen LogP contribution in [-0.2, 0) is 0 Å². The second-order valence-electron chi connectivity index (χ2n) is 2.46. The summed E-state index contributed by atoms with van der Waals surface area (Å²) < 4.78 is 12.1. The monoisotopic (exact) mass is 133 g/mol. The highest BCUT2D eigenvalue weighted by atomic mass is 19.1. The summed E-state index contributed by atoms with van der Waals surface area (Å²) in [7, 11) is 0. The van der Waals surface area contributed by atoms with E-state index in [1.807, 2.05) is 6.92 Å². The van der Waals surface area contributed by atoms with Crippen molar-refractivity contribution >= 4 is 0 Å². The molecule has 2 heteroatoms.